The van der Waals surface area contributed by atoms with E-state index in [0.717, 1.165) is 26.1 Å². The highest BCUT2D eigenvalue weighted by Crippen LogP contribution is 2.32. The molecule has 0 N–H and O–H groups in total. The second-order valence-electron chi connectivity index (χ2n) is 6.88. The minimum Gasteiger partial charge on any atom is -0.382 e. The van der Waals surface area contributed by atoms with Crippen LogP contribution >= 0.6 is 0 Å². The van der Waals surface area contributed by atoms with Crippen molar-refractivity contribution < 1.29 is 4.74 Å². The SMILES string of the molecule is C#CC(C1=CC=C(CCCC)CC1)c1ccc(C)cc1.CC.CCCOCC. The number of unbranched alkanes of at least 4 members (excludes halogenated alkanes) is 1. The summed E-state index contributed by atoms with van der Waals surface area (Å²) in [5, 5.41) is 0. The van der Waals surface area contributed by atoms with Crippen molar-refractivity contribution in [1.82, 2.24) is 0 Å². The Morgan fingerprint density at radius 1 is 1.00 bits per heavy atom. The summed E-state index contributed by atoms with van der Waals surface area (Å²) in [6.07, 6.45) is 17.6. The van der Waals surface area contributed by atoms with Crippen LogP contribution in [-0.2, 0) is 4.74 Å². The zero-order valence-electron chi connectivity index (χ0n) is 19.2. The Kier molecular flexibility index (Phi) is 16.2. The monoisotopic (exact) mass is 382 g/mol. The van der Waals surface area contributed by atoms with Gasteiger partial charge < -0.3 is 4.74 Å². The van der Waals surface area contributed by atoms with Gasteiger partial charge in [-0.25, -0.2) is 0 Å². The van der Waals surface area contributed by atoms with Crippen LogP contribution in [0.1, 0.15) is 90.2 Å². The second-order valence-corrected chi connectivity index (χ2v) is 6.88. The maximum atomic E-state index is 5.78. The lowest BCUT2D eigenvalue weighted by atomic mass is 9.84. The van der Waals surface area contributed by atoms with E-state index in [1.54, 1.807) is 5.57 Å². The Morgan fingerprint density at radius 2 is 1.68 bits per heavy atom. The zero-order chi connectivity index (χ0) is 21.2. The lowest BCUT2D eigenvalue weighted by Gasteiger charge is -2.20. The van der Waals surface area contributed by atoms with Gasteiger partial charge in [0.05, 0.1) is 5.92 Å². The van der Waals surface area contributed by atoms with Gasteiger partial charge in [0.1, 0.15) is 0 Å². The van der Waals surface area contributed by atoms with Crippen LogP contribution in [0.3, 0.4) is 0 Å². The molecule has 1 aromatic rings. The van der Waals surface area contributed by atoms with E-state index >= 15 is 0 Å². The van der Waals surface area contributed by atoms with Crippen LogP contribution in [0.4, 0.5) is 0 Å². The summed E-state index contributed by atoms with van der Waals surface area (Å²) in [7, 11) is 0. The number of rotatable bonds is 8. The van der Waals surface area contributed by atoms with Crippen molar-refractivity contribution >= 4 is 0 Å². The molecule has 0 bridgehead atoms. The number of hydrogen-bond acceptors (Lipinski definition) is 1. The van der Waals surface area contributed by atoms with E-state index in [9.17, 15) is 0 Å². The number of aryl methyl sites for hydroxylation is 1. The average Bonchev–Trinajstić information content (AvgIpc) is 2.75. The van der Waals surface area contributed by atoms with E-state index in [2.05, 4.69) is 63.1 Å². The topological polar surface area (TPSA) is 9.23 Å². The number of ether oxygens (including phenoxy) is 1. The highest BCUT2D eigenvalue weighted by Gasteiger charge is 2.16. The fourth-order valence-corrected chi connectivity index (χ4v) is 3.01. The fraction of sp³-hybridized carbons (Fsp3) is 0.556. The molecule has 28 heavy (non-hydrogen) atoms. The molecule has 0 heterocycles. The van der Waals surface area contributed by atoms with Crippen LogP contribution < -0.4 is 0 Å². The van der Waals surface area contributed by atoms with Crippen molar-refractivity contribution in [2.45, 2.75) is 86.0 Å². The number of hydrogen-bond donors (Lipinski definition) is 0. The summed E-state index contributed by atoms with van der Waals surface area (Å²) in [6.45, 7) is 14.2. The van der Waals surface area contributed by atoms with Crippen molar-refractivity contribution in [3.63, 3.8) is 0 Å². The molecule has 0 aromatic heterocycles. The molecule has 1 unspecified atom stereocenters. The first-order chi connectivity index (χ1) is 13.7. The smallest absolute Gasteiger partial charge is 0.0662 e. The van der Waals surface area contributed by atoms with Gasteiger partial charge in [-0.1, -0.05) is 93.2 Å². The molecule has 0 aliphatic heterocycles. The number of terminal acetylenes is 1. The molecule has 1 atom stereocenters. The van der Waals surface area contributed by atoms with E-state index in [1.807, 2.05) is 20.8 Å². The lowest BCUT2D eigenvalue weighted by molar-refractivity contribution is 0.148. The molecule has 1 nitrogen and oxygen atoms in total. The molecule has 0 spiro atoms. The Bertz CT molecular complexity index is 594. The highest BCUT2D eigenvalue weighted by atomic mass is 16.5. The quantitative estimate of drug-likeness (QED) is 0.327. The lowest BCUT2D eigenvalue weighted by Crippen LogP contribution is -2.04. The van der Waals surface area contributed by atoms with E-state index in [0.29, 0.717) is 0 Å². The third-order valence-corrected chi connectivity index (χ3v) is 4.62. The zero-order valence-corrected chi connectivity index (χ0v) is 19.2. The summed E-state index contributed by atoms with van der Waals surface area (Å²) in [5.41, 5.74) is 5.49. The van der Waals surface area contributed by atoms with Crippen LogP contribution in [-0.4, -0.2) is 13.2 Å². The predicted molar refractivity (Wildman–Crippen MR) is 126 cm³/mol. The average molecular weight is 383 g/mol. The maximum Gasteiger partial charge on any atom is 0.0662 e. The Labute approximate surface area is 175 Å². The molecule has 1 aliphatic carbocycles. The van der Waals surface area contributed by atoms with Crippen molar-refractivity contribution in [2.75, 3.05) is 13.2 Å². The predicted octanol–water partition coefficient (Wildman–Crippen LogP) is 8.01. The summed E-state index contributed by atoms with van der Waals surface area (Å²) >= 11 is 0. The van der Waals surface area contributed by atoms with Crippen LogP contribution in [0.2, 0.25) is 0 Å². The van der Waals surface area contributed by atoms with Crippen molar-refractivity contribution in [2.24, 2.45) is 0 Å². The minimum atomic E-state index is 0.138. The summed E-state index contributed by atoms with van der Waals surface area (Å²) in [6, 6.07) is 8.62. The standard InChI is InChI=1S/C20H24.C5H12O.C2H6/c1-4-6-7-17-10-14-19(15-11-17)20(5-2)18-12-8-16(3)9-13-18;1-3-5-6-4-2;1-2/h2,8-10,12-14,20H,4,6-7,11,15H2,1,3H3;3-5H2,1-2H3;1-2H3. The molecule has 0 saturated carbocycles. The van der Waals surface area contributed by atoms with Crippen LogP contribution in [0.25, 0.3) is 0 Å². The molecular formula is C27H42O. The second kappa shape index (κ2) is 17.3. The third-order valence-electron chi connectivity index (χ3n) is 4.62. The van der Waals surface area contributed by atoms with Gasteiger partial charge in [-0.05, 0) is 51.5 Å². The van der Waals surface area contributed by atoms with Gasteiger partial charge in [-0.3, -0.25) is 0 Å². The Morgan fingerprint density at radius 3 is 2.11 bits per heavy atom. The van der Waals surface area contributed by atoms with Crippen LogP contribution in [0, 0.1) is 19.3 Å². The summed E-state index contributed by atoms with van der Waals surface area (Å²) in [4.78, 5) is 0. The maximum absolute atomic E-state index is 5.78. The highest BCUT2D eigenvalue weighted by molar-refractivity contribution is 5.41. The minimum absolute atomic E-state index is 0.138. The van der Waals surface area contributed by atoms with Crippen LogP contribution in [0.5, 0.6) is 0 Å². The van der Waals surface area contributed by atoms with Crippen LogP contribution in [0.15, 0.2) is 47.6 Å². The third kappa shape index (κ3) is 10.5. The Balaban J connectivity index is 0.000000780. The molecule has 2 rings (SSSR count). The Hall–Kier alpha value is -1.78. The molecule has 0 radical (unpaired) electrons. The first kappa shape index (κ1) is 26.2. The molecule has 1 heteroatoms. The molecular weight excluding hydrogens is 340 g/mol. The molecule has 1 aliphatic rings. The number of benzene rings is 1. The van der Waals surface area contributed by atoms with Gasteiger partial charge in [-0.2, -0.15) is 0 Å². The van der Waals surface area contributed by atoms with Crippen molar-refractivity contribution in [1.29, 1.82) is 0 Å². The van der Waals surface area contributed by atoms with Gasteiger partial charge in [0.25, 0.3) is 0 Å². The van der Waals surface area contributed by atoms with E-state index in [1.165, 1.54) is 42.4 Å². The van der Waals surface area contributed by atoms with Gasteiger partial charge >= 0.3 is 0 Å². The normalized spacial score (nSPS) is 13.6. The molecule has 156 valence electrons. The fourth-order valence-electron chi connectivity index (χ4n) is 3.01. The first-order valence-electron chi connectivity index (χ1n) is 11.1. The van der Waals surface area contributed by atoms with E-state index in [-0.39, 0.29) is 5.92 Å². The van der Waals surface area contributed by atoms with E-state index in [4.69, 9.17) is 11.2 Å². The van der Waals surface area contributed by atoms with Crippen molar-refractivity contribution in [3.05, 3.63) is 58.7 Å². The number of allylic oxidation sites excluding steroid dienone is 4. The van der Waals surface area contributed by atoms with Gasteiger partial charge in [0.15, 0.2) is 0 Å². The first-order valence-corrected chi connectivity index (χ1v) is 11.1. The molecule has 0 amide bonds. The van der Waals surface area contributed by atoms with Gasteiger partial charge in [0.2, 0.25) is 0 Å². The summed E-state index contributed by atoms with van der Waals surface area (Å²) < 4.78 is 4.98. The van der Waals surface area contributed by atoms with E-state index < -0.39 is 0 Å². The van der Waals surface area contributed by atoms with Crippen molar-refractivity contribution in [3.8, 4) is 12.3 Å². The largest absolute Gasteiger partial charge is 0.382 e. The summed E-state index contributed by atoms with van der Waals surface area (Å²) in [5.74, 6) is 3.11. The van der Waals surface area contributed by atoms with Gasteiger partial charge in [0, 0.05) is 13.2 Å². The molecule has 0 saturated heterocycles. The molecule has 0 fully saturated rings. The molecule has 1 aromatic carbocycles. The van der Waals surface area contributed by atoms with Gasteiger partial charge in [-0.15, -0.1) is 6.42 Å².